The molecule has 1 heterocycles. The van der Waals surface area contributed by atoms with Crippen LogP contribution in [0.2, 0.25) is 0 Å². The molecule has 1 aromatic carbocycles. The molecule has 0 saturated carbocycles. The van der Waals surface area contributed by atoms with Crippen LogP contribution in [0.5, 0.6) is 5.75 Å². The van der Waals surface area contributed by atoms with Gasteiger partial charge in [0.1, 0.15) is 17.3 Å². The summed E-state index contributed by atoms with van der Waals surface area (Å²) >= 11 is 0. The van der Waals surface area contributed by atoms with Crippen LogP contribution in [0.3, 0.4) is 0 Å². The summed E-state index contributed by atoms with van der Waals surface area (Å²) in [5.74, 6) is 0.359. The van der Waals surface area contributed by atoms with E-state index in [4.69, 9.17) is 4.74 Å². The van der Waals surface area contributed by atoms with Gasteiger partial charge in [-0.05, 0) is 18.2 Å². The first-order valence-corrected chi connectivity index (χ1v) is 8.64. The molecule has 22 heavy (non-hydrogen) atoms. The van der Waals surface area contributed by atoms with E-state index in [-0.39, 0.29) is 11.5 Å². The van der Waals surface area contributed by atoms with Crippen molar-refractivity contribution in [2.75, 3.05) is 13.1 Å². The molecule has 0 spiro atoms. The first-order valence-electron chi connectivity index (χ1n) is 7.20. The van der Waals surface area contributed by atoms with Gasteiger partial charge in [-0.3, -0.25) is 4.98 Å². The number of hydrogen-bond donors (Lipinski definition) is 0. The van der Waals surface area contributed by atoms with Crippen LogP contribution in [0.4, 0.5) is 0 Å². The largest absolute Gasteiger partial charge is 0.487 e. The minimum Gasteiger partial charge on any atom is -0.487 e. The van der Waals surface area contributed by atoms with Crippen molar-refractivity contribution in [3.63, 3.8) is 0 Å². The van der Waals surface area contributed by atoms with Gasteiger partial charge in [0.25, 0.3) is 0 Å². The van der Waals surface area contributed by atoms with Gasteiger partial charge in [-0.2, -0.15) is 4.31 Å². The maximum atomic E-state index is 12.7. The maximum Gasteiger partial charge on any atom is 0.246 e. The van der Waals surface area contributed by atoms with Crippen LogP contribution in [0.1, 0.15) is 19.4 Å². The molecule has 0 aliphatic heterocycles. The number of rotatable bonds is 7. The van der Waals surface area contributed by atoms with Gasteiger partial charge in [0.2, 0.25) is 10.0 Å². The molecule has 2 aromatic rings. The van der Waals surface area contributed by atoms with Gasteiger partial charge in [0.15, 0.2) is 0 Å². The van der Waals surface area contributed by atoms with Crippen molar-refractivity contribution in [3.05, 3.63) is 54.4 Å². The SMILES string of the molecule is CCN(CC)S(=O)(=O)c1ccccc1OCc1cccnc1. The Balaban J connectivity index is 2.27. The van der Waals surface area contributed by atoms with Crippen LogP contribution in [0, 0.1) is 0 Å². The fourth-order valence-corrected chi connectivity index (χ4v) is 3.72. The highest BCUT2D eigenvalue weighted by Crippen LogP contribution is 2.27. The number of sulfonamides is 1. The average molecular weight is 320 g/mol. The number of benzene rings is 1. The lowest BCUT2D eigenvalue weighted by Gasteiger charge is -2.20. The quantitative estimate of drug-likeness (QED) is 0.787. The Labute approximate surface area is 131 Å². The molecule has 0 atom stereocenters. The standard InChI is InChI=1S/C16H20N2O3S/c1-3-18(4-2)22(19,20)16-10-6-5-9-15(16)21-13-14-8-7-11-17-12-14/h5-12H,3-4,13H2,1-2H3. The second-order valence-electron chi connectivity index (χ2n) is 4.69. The molecule has 0 saturated heterocycles. The summed E-state index contributed by atoms with van der Waals surface area (Å²) in [4.78, 5) is 4.21. The summed E-state index contributed by atoms with van der Waals surface area (Å²) in [6.07, 6.45) is 3.38. The van der Waals surface area contributed by atoms with Crippen molar-refractivity contribution in [3.8, 4) is 5.75 Å². The summed E-state index contributed by atoms with van der Waals surface area (Å²) in [6, 6.07) is 10.4. The molecular formula is C16H20N2O3S. The molecule has 0 amide bonds. The Morgan fingerprint density at radius 1 is 1.09 bits per heavy atom. The fraction of sp³-hybridized carbons (Fsp3) is 0.312. The van der Waals surface area contributed by atoms with Crippen LogP contribution in [-0.2, 0) is 16.6 Å². The number of nitrogens with zero attached hydrogens (tertiary/aromatic N) is 2. The van der Waals surface area contributed by atoms with Crippen LogP contribution in [0.15, 0.2) is 53.7 Å². The van der Waals surface area contributed by atoms with Gasteiger partial charge in [-0.1, -0.05) is 32.0 Å². The van der Waals surface area contributed by atoms with Crippen molar-refractivity contribution in [1.82, 2.24) is 9.29 Å². The first-order chi connectivity index (χ1) is 10.6. The topological polar surface area (TPSA) is 59.5 Å². The van der Waals surface area contributed by atoms with E-state index in [0.29, 0.717) is 18.8 Å². The molecule has 2 rings (SSSR count). The van der Waals surface area contributed by atoms with E-state index in [9.17, 15) is 8.42 Å². The third-order valence-corrected chi connectivity index (χ3v) is 5.38. The van der Waals surface area contributed by atoms with Crippen molar-refractivity contribution in [1.29, 1.82) is 0 Å². The highest BCUT2D eigenvalue weighted by atomic mass is 32.2. The van der Waals surface area contributed by atoms with E-state index in [2.05, 4.69) is 4.98 Å². The third kappa shape index (κ3) is 3.64. The zero-order chi connectivity index (χ0) is 16.0. The Bertz CT molecular complexity index is 698. The van der Waals surface area contributed by atoms with Crippen molar-refractivity contribution in [2.24, 2.45) is 0 Å². The maximum absolute atomic E-state index is 12.7. The van der Waals surface area contributed by atoms with Gasteiger partial charge in [0.05, 0.1) is 0 Å². The molecule has 0 bridgehead atoms. The number of aromatic nitrogens is 1. The molecule has 0 fully saturated rings. The van der Waals surface area contributed by atoms with Crippen LogP contribution < -0.4 is 4.74 Å². The van der Waals surface area contributed by atoms with Gasteiger partial charge in [0, 0.05) is 31.0 Å². The molecular weight excluding hydrogens is 300 g/mol. The lowest BCUT2D eigenvalue weighted by Crippen LogP contribution is -2.30. The minimum atomic E-state index is -3.54. The van der Waals surface area contributed by atoms with Crippen molar-refractivity contribution >= 4 is 10.0 Å². The molecule has 0 unspecified atom stereocenters. The third-order valence-electron chi connectivity index (χ3n) is 3.29. The Hall–Kier alpha value is -1.92. The molecule has 118 valence electrons. The van der Waals surface area contributed by atoms with Gasteiger partial charge in [-0.25, -0.2) is 8.42 Å². The summed E-state index contributed by atoms with van der Waals surface area (Å²) in [5.41, 5.74) is 0.887. The zero-order valence-corrected chi connectivity index (χ0v) is 13.6. The predicted molar refractivity (Wildman–Crippen MR) is 85.1 cm³/mol. The molecule has 0 aliphatic carbocycles. The minimum absolute atomic E-state index is 0.197. The average Bonchev–Trinajstić information content (AvgIpc) is 2.55. The number of pyridine rings is 1. The summed E-state index contributed by atoms with van der Waals surface area (Å²) in [5, 5.41) is 0. The van der Waals surface area contributed by atoms with E-state index in [1.165, 1.54) is 4.31 Å². The van der Waals surface area contributed by atoms with Gasteiger partial charge >= 0.3 is 0 Å². The zero-order valence-electron chi connectivity index (χ0n) is 12.8. The summed E-state index contributed by atoms with van der Waals surface area (Å²) in [6.45, 7) is 4.77. The summed E-state index contributed by atoms with van der Waals surface area (Å²) in [7, 11) is -3.54. The highest BCUT2D eigenvalue weighted by molar-refractivity contribution is 7.89. The van der Waals surface area contributed by atoms with Gasteiger partial charge < -0.3 is 4.74 Å². The van der Waals surface area contributed by atoms with Crippen molar-refractivity contribution in [2.45, 2.75) is 25.3 Å². The fourth-order valence-electron chi connectivity index (χ4n) is 2.13. The molecule has 0 N–H and O–H groups in total. The molecule has 0 aliphatic rings. The van der Waals surface area contributed by atoms with E-state index < -0.39 is 10.0 Å². The summed E-state index contributed by atoms with van der Waals surface area (Å²) < 4.78 is 32.4. The normalized spacial score (nSPS) is 11.6. The van der Waals surface area contributed by atoms with E-state index in [1.807, 2.05) is 26.0 Å². The Morgan fingerprint density at radius 3 is 2.45 bits per heavy atom. The van der Waals surface area contributed by atoms with Crippen LogP contribution >= 0.6 is 0 Å². The number of para-hydroxylation sites is 1. The molecule has 0 radical (unpaired) electrons. The lowest BCUT2D eigenvalue weighted by molar-refractivity contribution is 0.296. The number of hydrogen-bond acceptors (Lipinski definition) is 4. The predicted octanol–water partition coefficient (Wildman–Crippen LogP) is 2.69. The van der Waals surface area contributed by atoms with E-state index in [0.717, 1.165) is 5.56 Å². The highest BCUT2D eigenvalue weighted by Gasteiger charge is 2.25. The number of ether oxygens (including phenoxy) is 1. The van der Waals surface area contributed by atoms with Crippen LogP contribution in [0.25, 0.3) is 0 Å². The van der Waals surface area contributed by atoms with Crippen LogP contribution in [-0.4, -0.2) is 30.8 Å². The monoisotopic (exact) mass is 320 g/mol. The lowest BCUT2D eigenvalue weighted by atomic mass is 10.3. The Kier molecular flexibility index (Phi) is 5.51. The van der Waals surface area contributed by atoms with E-state index >= 15 is 0 Å². The molecule has 1 aromatic heterocycles. The smallest absolute Gasteiger partial charge is 0.246 e. The van der Waals surface area contributed by atoms with Gasteiger partial charge in [-0.15, -0.1) is 0 Å². The van der Waals surface area contributed by atoms with Crippen molar-refractivity contribution < 1.29 is 13.2 Å². The Morgan fingerprint density at radius 2 is 1.82 bits per heavy atom. The van der Waals surface area contributed by atoms with E-state index in [1.54, 1.807) is 36.7 Å². The first kappa shape index (κ1) is 16.5. The molecule has 6 heteroatoms. The molecule has 5 nitrogen and oxygen atoms in total. The second-order valence-corrected chi connectivity index (χ2v) is 6.59. The second kappa shape index (κ2) is 7.38.